The van der Waals surface area contributed by atoms with Crippen LogP contribution in [0.4, 0.5) is 0 Å². The van der Waals surface area contributed by atoms with E-state index in [2.05, 4.69) is 16.8 Å². The Morgan fingerprint density at radius 3 is 2.26 bits per heavy atom. The summed E-state index contributed by atoms with van der Waals surface area (Å²) in [6, 6.07) is 0. The minimum Gasteiger partial charge on any atom is -0.395 e. The molecule has 0 saturated heterocycles. The second-order valence-electron chi connectivity index (χ2n) is 3.80. The second-order valence-corrected chi connectivity index (χ2v) is 5.04. The average Bonchev–Trinajstić information content (AvgIpc) is 2.36. The van der Waals surface area contributed by atoms with E-state index in [0.29, 0.717) is 0 Å². The molecule has 0 amide bonds. The molecule has 0 saturated carbocycles. The van der Waals surface area contributed by atoms with Crippen molar-refractivity contribution in [1.29, 1.82) is 0 Å². The molecule has 0 bridgehead atoms. The van der Waals surface area contributed by atoms with Crippen LogP contribution in [0, 0.1) is 0 Å². The zero-order chi connectivity index (χ0) is 15.1. The van der Waals surface area contributed by atoms with Crippen LogP contribution in [0.5, 0.6) is 0 Å². The largest absolute Gasteiger partial charge is 0.469 e. The molecule has 0 aromatic carbocycles. The molecule has 0 heterocycles. The molecular formula is C10H26NO7P. The molecule has 0 aromatic heterocycles. The van der Waals surface area contributed by atoms with E-state index in [1.54, 1.807) is 0 Å². The number of hydrogen-bond acceptors (Lipinski definition) is 6. The molecule has 0 fully saturated rings. The Morgan fingerprint density at radius 2 is 1.84 bits per heavy atom. The van der Waals surface area contributed by atoms with Gasteiger partial charge < -0.3 is 30.4 Å². The summed E-state index contributed by atoms with van der Waals surface area (Å²) in [6.07, 6.45) is 2.54. The summed E-state index contributed by atoms with van der Waals surface area (Å²) in [5.41, 5.74) is 0. The summed E-state index contributed by atoms with van der Waals surface area (Å²) in [4.78, 5) is 16.1. The van der Waals surface area contributed by atoms with Gasteiger partial charge in [-0.3, -0.25) is 4.52 Å². The van der Waals surface area contributed by atoms with E-state index in [0.717, 1.165) is 13.1 Å². The Kier molecular flexibility index (Phi) is 16.1. The van der Waals surface area contributed by atoms with E-state index < -0.39 is 27.1 Å². The highest BCUT2D eigenvalue weighted by molar-refractivity contribution is 7.46. The molecule has 0 rings (SSSR count). The predicted molar refractivity (Wildman–Crippen MR) is 70.6 cm³/mol. The monoisotopic (exact) mass is 303 g/mol. The van der Waals surface area contributed by atoms with Crippen LogP contribution in [0.1, 0.15) is 26.2 Å². The van der Waals surface area contributed by atoms with Gasteiger partial charge >= 0.3 is 7.82 Å². The Morgan fingerprint density at radius 1 is 1.21 bits per heavy atom. The van der Waals surface area contributed by atoms with Crippen molar-refractivity contribution in [3.05, 3.63) is 0 Å². The summed E-state index contributed by atoms with van der Waals surface area (Å²) >= 11 is 0. The number of nitrogens with one attached hydrogen (secondary N) is 1. The van der Waals surface area contributed by atoms with E-state index in [1.165, 1.54) is 19.3 Å². The number of phosphoric ester groups is 1. The smallest absolute Gasteiger partial charge is 0.395 e. The lowest BCUT2D eigenvalue weighted by Crippen LogP contribution is -2.19. The molecule has 9 heteroatoms. The molecule has 0 aliphatic rings. The maximum Gasteiger partial charge on any atom is 0.469 e. The summed E-state index contributed by atoms with van der Waals surface area (Å²) in [6.45, 7) is 3.08. The molecule has 0 spiro atoms. The standard InChI is InChI=1S/C7H17NO.C3H9O6P/c1-2-3-4-5-8-6-7-9;4-1-3(5)2-9-10(6,7)8/h8-9H,2-7H2,1H3;3-5H,1-2H2,(H2,6,7,8). The quantitative estimate of drug-likeness (QED) is 0.228. The van der Waals surface area contributed by atoms with Gasteiger partial charge in [-0.2, -0.15) is 0 Å². The first-order chi connectivity index (χ1) is 8.87. The molecule has 19 heavy (non-hydrogen) atoms. The summed E-state index contributed by atoms with van der Waals surface area (Å²) in [5, 5.41) is 28.1. The molecule has 0 radical (unpaired) electrons. The van der Waals surface area contributed by atoms with Gasteiger partial charge in [-0.25, -0.2) is 4.57 Å². The first-order valence-electron chi connectivity index (χ1n) is 6.18. The normalized spacial score (nSPS) is 12.7. The third kappa shape index (κ3) is 23.5. The van der Waals surface area contributed by atoms with Crippen molar-refractivity contribution in [2.45, 2.75) is 32.3 Å². The maximum absolute atomic E-state index is 9.93. The van der Waals surface area contributed by atoms with Crippen LogP contribution in [0.25, 0.3) is 0 Å². The molecule has 0 aliphatic heterocycles. The minimum atomic E-state index is -4.50. The van der Waals surface area contributed by atoms with Crippen LogP contribution in [-0.4, -0.2) is 64.1 Å². The summed E-state index contributed by atoms with van der Waals surface area (Å²) < 4.78 is 13.8. The fourth-order valence-electron chi connectivity index (χ4n) is 0.940. The van der Waals surface area contributed by atoms with Gasteiger partial charge in [-0.15, -0.1) is 0 Å². The third-order valence-corrected chi connectivity index (χ3v) is 2.38. The Balaban J connectivity index is 0. The fourth-order valence-corrected chi connectivity index (χ4v) is 1.31. The van der Waals surface area contributed by atoms with Crippen LogP contribution in [0.2, 0.25) is 0 Å². The highest BCUT2D eigenvalue weighted by Gasteiger charge is 2.15. The van der Waals surface area contributed by atoms with Crippen LogP contribution in [0.3, 0.4) is 0 Å². The minimum absolute atomic E-state index is 0.256. The van der Waals surface area contributed by atoms with Crippen LogP contribution >= 0.6 is 7.82 Å². The lowest BCUT2D eigenvalue weighted by molar-refractivity contribution is 0.0419. The molecule has 0 aliphatic carbocycles. The average molecular weight is 303 g/mol. The molecule has 1 unspecified atom stereocenters. The number of phosphoric acid groups is 1. The van der Waals surface area contributed by atoms with E-state index in [9.17, 15) is 4.57 Å². The topological polar surface area (TPSA) is 139 Å². The van der Waals surface area contributed by atoms with Gasteiger partial charge in [-0.1, -0.05) is 19.8 Å². The van der Waals surface area contributed by atoms with Gasteiger partial charge in [0.15, 0.2) is 0 Å². The molecule has 8 nitrogen and oxygen atoms in total. The molecule has 0 aromatic rings. The van der Waals surface area contributed by atoms with E-state index in [4.69, 9.17) is 25.1 Å². The lowest BCUT2D eigenvalue weighted by atomic mass is 10.2. The van der Waals surface area contributed by atoms with Crippen molar-refractivity contribution in [1.82, 2.24) is 5.32 Å². The van der Waals surface area contributed by atoms with Crippen LogP contribution < -0.4 is 5.32 Å². The van der Waals surface area contributed by atoms with Gasteiger partial charge in [0, 0.05) is 6.54 Å². The van der Waals surface area contributed by atoms with Crippen molar-refractivity contribution in [2.24, 2.45) is 0 Å². The van der Waals surface area contributed by atoms with Gasteiger partial charge in [0.25, 0.3) is 0 Å². The zero-order valence-electron chi connectivity index (χ0n) is 11.2. The van der Waals surface area contributed by atoms with Crippen molar-refractivity contribution >= 4 is 7.82 Å². The van der Waals surface area contributed by atoms with Crippen molar-refractivity contribution < 1.29 is 34.2 Å². The number of unbranched alkanes of at least 4 members (excludes halogenated alkanes) is 2. The van der Waals surface area contributed by atoms with Gasteiger partial charge in [-0.05, 0) is 13.0 Å². The molecule has 6 N–H and O–H groups in total. The van der Waals surface area contributed by atoms with Crippen LogP contribution in [-0.2, 0) is 9.09 Å². The third-order valence-electron chi connectivity index (χ3n) is 1.89. The van der Waals surface area contributed by atoms with E-state index in [1.807, 2.05) is 0 Å². The Hall–Kier alpha value is -0.0500. The van der Waals surface area contributed by atoms with Crippen molar-refractivity contribution in [2.75, 3.05) is 32.9 Å². The van der Waals surface area contributed by atoms with Gasteiger partial charge in [0.05, 0.1) is 19.8 Å². The summed E-state index contributed by atoms with van der Waals surface area (Å²) in [5.74, 6) is 0. The Labute approximate surface area is 113 Å². The van der Waals surface area contributed by atoms with Crippen LogP contribution in [0.15, 0.2) is 0 Å². The highest BCUT2D eigenvalue weighted by atomic mass is 31.2. The number of hydrogen-bond donors (Lipinski definition) is 6. The number of rotatable bonds is 10. The highest BCUT2D eigenvalue weighted by Crippen LogP contribution is 2.35. The number of aliphatic hydroxyl groups excluding tert-OH is 3. The van der Waals surface area contributed by atoms with Crippen molar-refractivity contribution in [3.63, 3.8) is 0 Å². The fraction of sp³-hybridized carbons (Fsp3) is 1.00. The Bertz CT molecular complexity index is 218. The maximum atomic E-state index is 9.93. The predicted octanol–water partition coefficient (Wildman–Crippen LogP) is -0.793. The molecule has 118 valence electrons. The second kappa shape index (κ2) is 14.4. The zero-order valence-corrected chi connectivity index (χ0v) is 12.1. The summed E-state index contributed by atoms with van der Waals surface area (Å²) in [7, 11) is -4.50. The van der Waals surface area contributed by atoms with E-state index >= 15 is 0 Å². The SMILES string of the molecule is CCCCCNCCO.O=P(O)(O)OCC(O)CO. The van der Waals surface area contributed by atoms with E-state index in [-0.39, 0.29) is 6.61 Å². The van der Waals surface area contributed by atoms with Crippen molar-refractivity contribution in [3.8, 4) is 0 Å². The first-order valence-corrected chi connectivity index (χ1v) is 7.71. The molecule has 1 atom stereocenters. The lowest BCUT2D eigenvalue weighted by Gasteiger charge is -2.07. The van der Waals surface area contributed by atoms with Gasteiger partial charge in [0.2, 0.25) is 0 Å². The number of aliphatic hydroxyl groups is 3. The first kappa shape index (κ1) is 21.3. The molecular weight excluding hydrogens is 277 g/mol. The van der Waals surface area contributed by atoms with Gasteiger partial charge in [0.1, 0.15) is 6.10 Å².